The van der Waals surface area contributed by atoms with Crippen molar-refractivity contribution in [2.24, 2.45) is 0 Å². The summed E-state index contributed by atoms with van der Waals surface area (Å²) in [5.41, 5.74) is 2.43. The Hall–Kier alpha value is -3.46. The minimum atomic E-state index is -0.499. The lowest BCUT2D eigenvalue weighted by molar-refractivity contribution is 0.0694. The molecule has 10 nitrogen and oxygen atoms in total. The van der Waals surface area contributed by atoms with E-state index in [0.717, 1.165) is 50.4 Å². The Balaban J connectivity index is 1.28. The fourth-order valence-electron chi connectivity index (χ4n) is 5.11. The van der Waals surface area contributed by atoms with Crippen LogP contribution in [0.3, 0.4) is 0 Å². The quantitative estimate of drug-likeness (QED) is 0.421. The van der Waals surface area contributed by atoms with Gasteiger partial charge in [0.15, 0.2) is 5.82 Å². The fraction of sp³-hybridized carbons (Fsp3) is 0.519. The first-order valence-electron chi connectivity index (χ1n) is 13.2. The maximum absolute atomic E-state index is 14.9. The molecule has 0 saturated carbocycles. The molecule has 5 heterocycles. The van der Waals surface area contributed by atoms with Crippen molar-refractivity contribution in [3.63, 3.8) is 0 Å². The number of nitrogens with one attached hydrogen (secondary N) is 1. The zero-order valence-corrected chi connectivity index (χ0v) is 21.6. The number of aryl methyl sites for hydroxylation is 1. The predicted octanol–water partition coefficient (Wildman–Crippen LogP) is 4.17. The summed E-state index contributed by atoms with van der Waals surface area (Å²) in [5, 5.41) is 12.2. The lowest BCUT2D eigenvalue weighted by Gasteiger charge is -2.26. The van der Waals surface area contributed by atoms with Crippen LogP contribution < -0.4 is 5.32 Å². The molecule has 200 valence electrons. The second kappa shape index (κ2) is 12.4. The van der Waals surface area contributed by atoms with Gasteiger partial charge in [-0.1, -0.05) is 0 Å². The summed E-state index contributed by atoms with van der Waals surface area (Å²) in [6, 6.07) is 6.25. The fourth-order valence-corrected chi connectivity index (χ4v) is 5.11. The third kappa shape index (κ3) is 6.32. The van der Waals surface area contributed by atoms with E-state index in [1.54, 1.807) is 12.4 Å². The number of rotatable bonds is 10. The van der Waals surface area contributed by atoms with Gasteiger partial charge in [0, 0.05) is 51.9 Å². The van der Waals surface area contributed by atoms with Crippen molar-refractivity contribution < 1.29 is 13.9 Å². The number of ether oxygens (including phenoxy) is 2. The van der Waals surface area contributed by atoms with Gasteiger partial charge in [0.2, 0.25) is 5.95 Å². The van der Waals surface area contributed by atoms with Crippen LogP contribution in [-0.4, -0.2) is 68.4 Å². The van der Waals surface area contributed by atoms with Crippen LogP contribution in [0.4, 0.5) is 16.0 Å². The Kier molecular flexibility index (Phi) is 8.53. The van der Waals surface area contributed by atoms with Crippen molar-refractivity contribution in [1.82, 2.24) is 29.4 Å². The van der Waals surface area contributed by atoms with E-state index in [1.165, 1.54) is 6.20 Å². The third-order valence-corrected chi connectivity index (χ3v) is 7.02. The monoisotopic (exact) mass is 520 g/mol. The van der Waals surface area contributed by atoms with Crippen molar-refractivity contribution in [3.8, 4) is 17.5 Å². The Morgan fingerprint density at radius 2 is 2.00 bits per heavy atom. The predicted molar refractivity (Wildman–Crippen MR) is 139 cm³/mol. The molecule has 38 heavy (non-hydrogen) atoms. The summed E-state index contributed by atoms with van der Waals surface area (Å²) >= 11 is 0. The number of anilines is 2. The largest absolute Gasteiger partial charge is 0.381 e. The molecule has 2 aliphatic rings. The molecule has 3 aromatic rings. The molecule has 0 bridgehead atoms. The minimum Gasteiger partial charge on any atom is -0.381 e. The number of halogens is 1. The van der Waals surface area contributed by atoms with Gasteiger partial charge in [0.25, 0.3) is 0 Å². The molecular formula is C27H33FN8O2. The third-order valence-electron chi connectivity index (χ3n) is 7.02. The smallest absolute Gasteiger partial charge is 0.228 e. The second-order valence-corrected chi connectivity index (χ2v) is 9.74. The number of hydrogen-bond acceptors (Lipinski definition) is 9. The van der Waals surface area contributed by atoms with Gasteiger partial charge >= 0.3 is 0 Å². The molecule has 1 unspecified atom stereocenters. The summed E-state index contributed by atoms with van der Waals surface area (Å²) in [4.78, 5) is 19.9. The van der Waals surface area contributed by atoms with Gasteiger partial charge < -0.3 is 19.4 Å². The minimum absolute atomic E-state index is 0.191. The van der Waals surface area contributed by atoms with Crippen molar-refractivity contribution in [3.05, 3.63) is 48.1 Å². The van der Waals surface area contributed by atoms with Crippen molar-refractivity contribution >= 4 is 11.6 Å². The van der Waals surface area contributed by atoms with Crippen molar-refractivity contribution in [2.75, 3.05) is 38.2 Å². The van der Waals surface area contributed by atoms with Gasteiger partial charge in [-0.3, -0.25) is 9.88 Å². The average Bonchev–Trinajstić information content (AvgIpc) is 3.59. The number of imidazole rings is 1. The summed E-state index contributed by atoms with van der Waals surface area (Å²) in [6.45, 7) is 6.18. The lowest BCUT2D eigenvalue weighted by Crippen LogP contribution is -2.32. The highest BCUT2D eigenvalue weighted by molar-refractivity contribution is 5.59. The molecule has 2 aliphatic heterocycles. The maximum atomic E-state index is 14.9. The highest BCUT2D eigenvalue weighted by atomic mass is 19.1. The van der Waals surface area contributed by atoms with E-state index >= 15 is 0 Å². The normalized spacial score (nSPS) is 18.1. The van der Waals surface area contributed by atoms with Gasteiger partial charge in [0.05, 0.1) is 47.8 Å². The van der Waals surface area contributed by atoms with Crippen LogP contribution in [0.15, 0.2) is 30.7 Å². The molecule has 2 fully saturated rings. The molecule has 0 amide bonds. The van der Waals surface area contributed by atoms with Crippen molar-refractivity contribution in [1.29, 1.82) is 5.26 Å². The Bertz CT molecular complexity index is 1250. The molecular weight excluding hydrogens is 487 g/mol. The van der Waals surface area contributed by atoms with E-state index in [1.807, 2.05) is 19.1 Å². The summed E-state index contributed by atoms with van der Waals surface area (Å²) in [5.74, 6) is 0.603. The molecule has 0 aromatic carbocycles. The first-order chi connectivity index (χ1) is 18.6. The molecule has 0 radical (unpaired) electrons. The summed E-state index contributed by atoms with van der Waals surface area (Å²) in [7, 11) is 0. The molecule has 5 rings (SSSR count). The van der Waals surface area contributed by atoms with E-state index in [-0.39, 0.29) is 23.8 Å². The van der Waals surface area contributed by atoms with Crippen LogP contribution >= 0.6 is 0 Å². The summed E-state index contributed by atoms with van der Waals surface area (Å²) in [6.07, 6.45) is 9.08. The van der Waals surface area contributed by atoms with Gasteiger partial charge in [-0.15, -0.1) is 0 Å². The van der Waals surface area contributed by atoms with Gasteiger partial charge in [-0.2, -0.15) is 5.26 Å². The van der Waals surface area contributed by atoms with Crippen LogP contribution in [-0.2, 0) is 16.0 Å². The first kappa shape index (κ1) is 26.2. The van der Waals surface area contributed by atoms with Crippen LogP contribution in [0.1, 0.15) is 49.7 Å². The van der Waals surface area contributed by atoms with E-state index in [2.05, 4.69) is 40.8 Å². The molecule has 11 heteroatoms. The molecule has 0 spiro atoms. The van der Waals surface area contributed by atoms with Crippen LogP contribution in [0, 0.1) is 24.1 Å². The SMILES string of the molecule is Cc1ncc(-c2nc(Nc3ccc(CN(CCC#N)CC4CCCO4)nc3)ncc2F)n1C1CCOCC1. The number of nitrogens with zero attached hydrogens (tertiary/aromatic N) is 7. The lowest BCUT2D eigenvalue weighted by atomic mass is 10.1. The van der Waals surface area contributed by atoms with E-state index < -0.39 is 5.82 Å². The highest BCUT2D eigenvalue weighted by Crippen LogP contribution is 2.31. The Labute approximate surface area is 221 Å². The molecule has 1 atom stereocenters. The molecule has 3 aromatic heterocycles. The van der Waals surface area contributed by atoms with Crippen LogP contribution in [0.25, 0.3) is 11.4 Å². The second-order valence-electron chi connectivity index (χ2n) is 9.74. The number of nitriles is 1. The standard InChI is InChI=1S/C27H33FN8O2/c1-19-30-16-25(36(19)22-7-12-37-13-8-22)26-24(28)15-32-27(34-26)33-20-5-6-21(31-14-20)17-35(10-3-9-29)18-23-4-2-11-38-23/h5-6,14-16,22-23H,2-4,7-8,10-13,17-18H2,1H3,(H,32,33,34). The Morgan fingerprint density at radius 1 is 1.13 bits per heavy atom. The van der Waals surface area contributed by atoms with E-state index in [4.69, 9.17) is 14.7 Å². The topological polar surface area (TPSA) is 114 Å². The zero-order chi connectivity index (χ0) is 26.3. The zero-order valence-electron chi connectivity index (χ0n) is 21.6. The van der Waals surface area contributed by atoms with Gasteiger partial charge in [-0.25, -0.2) is 19.3 Å². The molecule has 1 N–H and O–H groups in total. The number of pyridine rings is 1. The van der Waals surface area contributed by atoms with Crippen LogP contribution in [0.5, 0.6) is 0 Å². The summed E-state index contributed by atoms with van der Waals surface area (Å²) < 4.78 is 28.2. The number of aromatic nitrogens is 5. The first-order valence-corrected chi connectivity index (χ1v) is 13.2. The average molecular weight is 521 g/mol. The van der Waals surface area contributed by atoms with Gasteiger partial charge in [-0.05, 0) is 44.7 Å². The molecule has 2 saturated heterocycles. The molecule has 0 aliphatic carbocycles. The van der Waals surface area contributed by atoms with Crippen molar-refractivity contribution in [2.45, 2.75) is 57.7 Å². The van der Waals surface area contributed by atoms with Gasteiger partial charge in [0.1, 0.15) is 11.5 Å². The van der Waals surface area contributed by atoms with E-state index in [9.17, 15) is 4.39 Å². The maximum Gasteiger partial charge on any atom is 0.228 e. The van der Waals surface area contributed by atoms with E-state index in [0.29, 0.717) is 44.1 Å². The number of hydrogen-bond donors (Lipinski definition) is 1. The Morgan fingerprint density at radius 3 is 2.74 bits per heavy atom. The highest BCUT2D eigenvalue weighted by Gasteiger charge is 2.24. The van der Waals surface area contributed by atoms with Crippen LogP contribution in [0.2, 0.25) is 0 Å².